The fourth-order valence-corrected chi connectivity index (χ4v) is 4.20. The molecule has 0 bridgehead atoms. The Balaban J connectivity index is 3.26. The summed E-state index contributed by atoms with van der Waals surface area (Å²) in [7, 11) is -1.58. The van der Waals surface area contributed by atoms with Gasteiger partial charge in [-0.25, -0.2) is 22.7 Å². The molecule has 0 heterocycles. The minimum absolute atomic E-state index is 0.146. The van der Waals surface area contributed by atoms with Crippen LogP contribution in [0.2, 0.25) is 0 Å². The Morgan fingerprint density at radius 2 is 1.83 bits per heavy atom. The van der Waals surface area contributed by atoms with Crippen molar-refractivity contribution in [1.29, 1.82) is 0 Å². The van der Waals surface area contributed by atoms with E-state index in [1.807, 2.05) is 0 Å². The van der Waals surface area contributed by atoms with E-state index in [-0.39, 0.29) is 22.8 Å². The Labute approximate surface area is 174 Å². The summed E-state index contributed by atoms with van der Waals surface area (Å²) in [6.45, 7) is 6.72. The SMILES string of the molecule is CCOC(=O)NSC(=O)N(C)c1ccc(C(=O)OC)c(S(=O)(=O)NC(C)(C)C)c1. The molecule has 0 unspecified atom stereocenters. The van der Waals surface area contributed by atoms with Crippen LogP contribution in [0.25, 0.3) is 0 Å². The van der Waals surface area contributed by atoms with Crippen molar-refractivity contribution >= 4 is 45.0 Å². The second kappa shape index (κ2) is 9.94. The Morgan fingerprint density at radius 3 is 2.34 bits per heavy atom. The molecule has 1 aromatic rings. The third-order valence-corrected chi connectivity index (χ3v) is 5.77. The normalized spacial score (nSPS) is 11.5. The fraction of sp³-hybridized carbons (Fsp3) is 0.471. The van der Waals surface area contributed by atoms with E-state index in [0.717, 1.165) is 12.0 Å². The summed E-state index contributed by atoms with van der Waals surface area (Å²) in [5, 5.41) is -0.601. The number of carbonyl (C=O) groups excluding carboxylic acids is 3. The second-order valence-electron chi connectivity index (χ2n) is 6.78. The molecule has 0 saturated carbocycles. The van der Waals surface area contributed by atoms with Crippen LogP contribution in [-0.2, 0) is 19.5 Å². The molecule has 2 N–H and O–H groups in total. The van der Waals surface area contributed by atoms with Crippen LogP contribution in [-0.4, -0.2) is 52.0 Å². The highest BCUT2D eigenvalue weighted by atomic mass is 32.2. The first-order valence-electron chi connectivity index (χ1n) is 8.46. The molecule has 1 aromatic carbocycles. The van der Waals surface area contributed by atoms with E-state index in [4.69, 9.17) is 0 Å². The minimum atomic E-state index is -4.10. The van der Waals surface area contributed by atoms with Gasteiger partial charge in [-0.05, 0) is 45.9 Å². The van der Waals surface area contributed by atoms with Crippen LogP contribution in [0.4, 0.5) is 15.3 Å². The molecule has 10 nitrogen and oxygen atoms in total. The number of ether oxygens (including phenoxy) is 2. The maximum absolute atomic E-state index is 12.8. The molecule has 29 heavy (non-hydrogen) atoms. The van der Waals surface area contributed by atoms with E-state index in [2.05, 4.69) is 18.9 Å². The van der Waals surface area contributed by atoms with Gasteiger partial charge in [0.25, 0.3) is 0 Å². The van der Waals surface area contributed by atoms with Crippen LogP contribution < -0.4 is 14.3 Å². The van der Waals surface area contributed by atoms with Gasteiger partial charge in [0.1, 0.15) is 0 Å². The number of nitrogens with one attached hydrogen (secondary N) is 2. The number of hydrogen-bond donors (Lipinski definition) is 2. The smallest absolute Gasteiger partial charge is 0.417 e. The quantitative estimate of drug-likeness (QED) is 0.520. The number of carbonyl (C=O) groups is 3. The first kappa shape index (κ1) is 24.7. The van der Waals surface area contributed by atoms with Gasteiger partial charge >= 0.3 is 17.3 Å². The monoisotopic (exact) mass is 447 g/mol. The van der Waals surface area contributed by atoms with Crippen LogP contribution in [0.1, 0.15) is 38.1 Å². The number of benzene rings is 1. The van der Waals surface area contributed by atoms with Crippen molar-refractivity contribution in [3.05, 3.63) is 23.8 Å². The molecule has 0 saturated heterocycles. The van der Waals surface area contributed by atoms with E-state index in [0.29, 0.717) is 11.9 Å². The lowest BCUT2D eigenvalue weighted by Gasteiger charge is -2.23. The zero-order valence-electron chi connectivity index (χ0n) is 17.1. The van der Waals surface area contributed by atoms with Gasteiger partial charge in [-0.3, -0.25) is 9.52 Å². The van der Waals surface area contributed by atoms with Gasteiger partial charge in [0, 0.05) is 18.3 Å². The van der Waals surface area contributed by atoms with Crippen LogP contribution in [0, 0.1) is 0 Å². The van der Waals surface area contributed by atoms with Crippen molar-refractivity contribution < 1.29 is 32.3 Å². The van der Waals surface area contributed by atoms with Crippen LogP contribution in [0.5, 0.6) is 0 Å². The van der Waals surface area contributed by atoms with Crippen molar-refractivity contribution in [3.8, 4) is 0 Å². The minimum Gasteiger partial charge on any atom is -0.465 e. The van der Waals surface area contributed by atoms with Crippen molar-refractivity contribution in [2.75, 3.05) is 25.7 Å². The lowest BCUT2D eigenvalue weighted by atomic mass is 10.1. The second-order valence-corrected chi connectivity index (χ2v) is 9.19. The van der Waals surface area contributed by atoms with Gasteiger partial charge in [-0.1, -0.05) is 0 Å². The predicted molar refractivity (Wildman–Crippen MR) is 109 cm³/mol. The maximum atomic E-state index is 12.8. The summed E-state index contributed by atoms with van der Waals surface area (Å²) in [5.74, 6) is -0.835. The van der Waals surface area contributed by atoms with Crippen molar-refractivity contribution in [3.63, 3.8) is 0 Å². The van der Waals surface area contributed by atoms with E-state index < -0.39 is 32.9 Å². The third-order valence-electron chi connectivity index (χ3n) is 3.26. The van der Waals surface area contributed by atoms with Crippen LogP contribution in [0.3, 0.4) is 0 Å². The standard InChI is InChI=1S/C17H25N3O7S2/c1-7-27-15(22)18-28-16(23)20(5)11-8-9-12(14(21)26-6)13(10-11)29(24,25)19-17(2,3)4/h8-10,19H,7H2,1-6H3,(H,18,22). The van der Waals surface area contributed by atoms with E-state index >= 15 is 0 Å². The highest BCUT2D eigenvalue weighted by molar-refractivity contribution is 8.12. The number of anilines is 1. The molecule has 0 fully saturated rings. The molecule has 1 rings (SSSR count). The molecule has 0 aliphatic heterocycles. The molecule has 0 aliphatic rings. The predicted octanol–water partition coefficient (Wildman–Crippen LogP) is 2.50. The highest BCUT2D eigenvalue weighted by Gasteiger charge is 2.28. The van der Waals surface area contributed by atoms with Crippen molar-refractivity contribution in [1.82, 2.24) is 9.44 Å². The average Bonchev–Trinajstić information content (AvgIpc) is 2.62. The lowest BCUT2D eigenvalue weighted by molar-refractivity contribution is 0.0596. The molecule has 0 radical (unpaired) electrons. The van der Waals surface area contributed by atoms with Crippen molar-refractivity contribution in [2.24, 2.45) is 0 Å². The van der Waals surface area contributed by atoms with Crippen LogP contribution in [0.15, 0.2) is 23.1 Å². The number of nitrogens with zero attached hydrogens (tertiary/aromatic N) is 1. The maximum Gasteiger partial charge on any atom is 0.417 e. The molecular formula is C17H25N3O7S2. The summed E-state index contributed by atoms with van der Waals surface area (Å²) < 4.78 is 39.6. The number of esters is 1. The van der Waals surface area contributed by atoms with Gasteiger partial charge in [0.15, 0.2) is 0 Å². The molecule has 2 amide bonds. The highest BCUT2D eigenvalue weighted by Crippen LogP contribution is 2.26. The van der Waals surface area contributed by atoms with Gasteiger partial charge in [-0.15, -0.1) is 0 Å². The summed E-state index contributed by atoms with van der Waals surface area (Å²) in [4.78, 5) is 36.4. The van der Waals surface area contributed by atoms with E-state index in [1.54, 1.807) is 27.7 Å². The van der Waals surface area contributed by atoms with E-state index in [9.17, 15) is 22.8 Å². The summed E-state index contributed by atoms with van der Waals surface area (Å²) in [6.07, 6.45) is -0.780. The average molecular weight is 448 g/mol. The zero-order chi connectivity index (χ0) is 22.4. The van der Waals surface area contributed by atoms with Gasteiger partial charge in [-0.2, -0.15) is 0 Å². The summed E-state index contributed by atoms with van der Waals surface area (Å²) in [6, 6.07) is 3.83. The number of amides is 2. The lowest BCUT2D eigenvalue weighted by Crippen LogP contribution is -2.41. The fourth-order valence-electron chi connectivity index (χ4n) is 2.10. The summed E-state index contributed by atoms with van der Waals surface area (Å²) >= 11 is 0.472. The summed E-state index contributed by atoms with van der Waals surface area (Å²) in [5.41, 5.74) is -0.787. The molecule has 0 aliphatic carbocycles. The number of methoxy groups -OCH3 is 1. The molecular weight excluding hydrogens is 422 g/mol. The Bertz CT molecular complexity index is 880. The van der Waals surface area contributed by atoms with Gasteiger partial charge < -0.3 is 14.4 Å². The third kappa shape index (κ3) is 7.22. The Morgan fingerprint density at radius 1 is 1.21 bits per heavy atom. The first-order valence-corrected chi connectivity index (χ1v) is 10.8. The van der Waals surface area contributed by atoms with E-state index in [1.165, 1.54) is 25.2 Å². The Hall–Kier alpha value is -2.31. The number of hydrogen-bond acceptors (Lipinski definition) is 8. The molecule has 12 heteroatoms. The topological polar surface area (TPSA) is 131 Å². The number of sulfonamides is 1. The Kier molecular flexibility index (Phi) is 8.48. The van der Waals surface area contributed by atoms with Gasteiger partial charge in [0.2, 0.25) is 10.0 Å². The zero-order valence-corrected chi connectivity index (χ0v) is 18.7. The van der Waals surface area contributed by atoms with Gasteiger partial charge in [0.05, 0.1) is 36.1 Å². The largest absolute Gasteiger partial charge is 0.465 e. The van der Waals surface area contributed by atoms with Crippen molar-refractivity contribution in [2.45, 2.75) is 38.1 Å². The molecule has 0 atom stereocenters. The van der Waals surface area contributed by atoms with Crippen LogP contribution >= 0.6 is 11.9 Å². The molecule has 0 aromatic heterocycles. The molecule has 0 spiro atoms. The number of rotatable bonds is 5. The molecule has 162 valence electrons. The first-order chi connectivity index (χ1) is 13.3.